The lowest BCUT2D eigenvalue weighted by Crippen LogP contribution is -2.38. The molecule has 4 heteroatoms. The summed E-state index contributed by atoms with van der Waals surface area (Å²) in [6.45, 7) is 3.00. The first-order chi connectivity index (χ1) is 11.2. The SMILES string of the molecule is CCCCN1c2ccccc2C(=O)OC1c1ccc(OC)cc1. The molecule has 1 atom stereocenters. The van der Waals surface area contributed by atoms with E-state index in [2.05, 4.69) is 11.8 Å². The van der Waals surface area contributed by atoms with Crippen molar-refractivity contribution in [1.82, 2.24) is 0 Å². The Balaban J connectivity index is 1.98. The number of hydrogen-bond acceptors (Lipinski definition) is 4. The molecule has 1 unspecified atom stereocenters. The van der Waals surface area contributed by atoms with Crippen molar-refractivity contribution in [3.8, 4) is 5.75 Å². The lowest BCUT2D eigenvalue weighted by atomic mass is 10.1. The zero-order valence-electron chi connectivity index (χ0n) is 13.5. The number of unbranched alkanes of at least 4 members (excludes halogenated alkanes) is 1. The van der Waals surface area contributed by atoms with E-state index in [1.54, 1.807) is 7.11 Å². The van der Waals surface area contributed by atoms with E-state index in [9.17, 15) is 4.79 Å². The first-order valence-corrected chi connectivity index (χ1v) is 7.95. The van der Waals surface area contributed by atoms with Crippen molar-refractivity contribution < 1.29 is 14.3 Å². The van der Waals surface area contributed by atoms with E-state index < -0.39 is 6.23 Å². The van der Waals surface area contributed by atoms with Gasteiger partial charge in [0.05, 0.1) is 18.4 Å². The van der Waals surface area contributed by atoms with Crippen LogP contribution in [0, 0.1) is 0 Å². The van der Waals surface area contributed by atoms with Gasteiger partial charge in [-0.15, -0.1) is 0 Å². The van der Waals surface area contributed by atoms with Crippen LogP contribution in [-0.2, 0) is 4.74 Å². The van der Waals surface area contributed by atoms with Gasteiger partial charge in [-0.1, -0.05) is 25.5 Å². The molecule has 1 heterocycles. The van der Waals surface area contributed by atoms with Crippen molar-refractivity contribution in [2.24, 2.45) is 0 Å². The van der Waals surface area contributed by atoms with Crippen molar-refractivity contribution in [3.05, 3.63) is 59.7 Å². The molecule has 0 bridgehead atoms. The first-order valence-electron chi connectivity index (χ1n) is 7.95. The number of esters is 1. The molecule has 3 rings (SSSR count). The molecule has 4 nitrogen and oxygen atoms in total. The van der Waals surface area contributed by atoms with Gasteiger partial charge < -0.3 is 14.4 Å². The lowest BCUT2D eigenvalue weighted by Gasteiger charge is -2.38. The Morgan fingerprint density at radius 2 is 1.87 bits per heavy atom. The van der Waals surface area contributed by atoms with Gasteiger partial charge in [-0.25, -0.2) is 4.79 Å². The fourth-order valence-electron chi connectivity index (χ4n) is 2.83. The number of carbonyl (C=O) groups excluding carboxylic acids is 1. The molecule has 0 aliphatic carbocycles. The van der Waals surface area contributed by atoms with Crippen molar-refractivity contribution in [2.45, 2.75) is 26.0 Å². The summed E-state index contributed by atoms with van der Waals surface area (Å²) in [5.41, 5.74) is 2.52. The number of anilines is 1. The maximum absolute atomic E-state index is 12.3. The van der Waals surface area contributed by atoms with Crippen LogP contribution in [0.2, 0.25) is 0 Å². The number of methoxy groups -OCH3 is 1. The van der Waals surface area contributed by atoms with Crippen LogP contribution in [0.25, 0.3) is 0 Å². The summed E-state index contributed by atoms with van der Waals surface area (Å²) in [4.78, 5) is 14.5. The van der Waals surface area contributed by atoms with Crippen LogP contribution in [0.4, 0.5) is 5.69 Å². The molecule has 1 aliphatic heterocycles. The van der Waals surface area contributed by atoms with Gasteiger partial charge in [0.15, 0.2) is 0 Å². The van der Waals surface area contributed by atoms with Crippen molar-refractivity contribution in [3.63, 3.8) is 0 Å². The summed E-state index contributed by atoms with van der Waals surface area (Å²) in [6, 6.07) is 15.3. The molecule has 2 aromatic carbocycles. The number of ether oxygens (including phenoxy) is 2. The third-order valence-electron chi connectivity index (χ3n) is 4.09. The monoisotopic (exact) mass is 311 g/mol. The van der Waals surface area contributed by atoms with Gasteiger partial charge in [-0.05, 0) is 42.8 Å². The van der Waals surface area contributed by atoms with Gasteiger partial charge in [-0.2, -0.15) is 0 Å². The topological polar surface area (TPSA) is 38.8 Å². The smallest absolute Gasteiger partial charge is 0.342 e. The van der Waals surface area contributed by atoms with Crippen LogP contribution >= 0.6 is 0 Å². The standard InChI is InChI=1S/C19H21NO3/c1-3-4-13-20-17-8-6-5-7-16(17)19(21)23-18(20)14-9-11-15(22-2)12-10-14/h5-12,18H,3-4,13H2,1-2H3. The molecule has 0 saturated heterocycles. The number of rotatable bonds is 5. The molecule has 1 aliphatic rings. The molecular weight excluding hydrogens is 290 g/mol. The Kier molecular flexibility index (Phi) is 4.51. The fourth-order valence-corrected chi connectivity index (χ4v) is 2.83. The van der Waals surface area contributed by atoms with Gasteiger partial charge in [-0.3, -0.25) is 0 Å². The van der Waals surface area contributed by atoms with Crippen LogP contribution < -0.4 is 9.64 Å². The summed E-state index contributed by atoms with van der Waals surface area (Å²) < 4.78 is 10.9. The Morgan fingerprint density at radius 3 is 2.57 bits per heavy atom. The minimum absolute atomic E-state index is 0.269. The van der Waals surface area contributed by atoms with E-state index in [0.717, 1.165) is 36.4 Å². The highest BCUT2D eigenvalue weighted by molar-refractivity contribution is 5.97. The lowest BCUT2D eigenvalue weighted by molar-refractivity contribution is 0.0249. The molecule has 23 heavy (non-hydrogen) atoms. The molecule has 2 aromatic rings. The predicted molar refractivity (Wildman–Crippen MR) is 89.8 cm³/mol. The Bertz CT molecular complexity index is 681. The highest BCUT2D eigenvalue weighted by Crippen LogP contribution is 2.37. The molecular formula is C19H21NO3. The molecule has 0 spiro atoms. The summed E-state index contributed by atoms with van der Waals surface area (Å²) in [7, 11) is 1.64. The largest absolute Gasteiger partial charge is 0.497 e. The van der Waals surface area contributed by atoms with Crippen LogP contribution in [0.1, 0.15) is 41.9 Å². The van der Waals surface area contributed by atoms with Crippen molar-refractivity contribution >= 4 is 11.7 Å². The predicted octanol–water partition coefficient (Wildman–Crippen LogP) is 4.17. The van der Waals surface area contributed by atoms with E-state index in [1.165, 1.54) is 0 Å². The number of carbonyl (C=O) groups is 1. The summed E-state index contributed by atoms with van der Waals surface area (Å²) >= 11 is 0. The summed E-state index contributed by atoms with van der Waals surface area (Å²) in [6.07, 6.45) is 1.73. The number of para-hydroxylation sites is 1. The minimum Gasteiger partial charge on any atom is -0.497 e. The average molecular weight is 311 g/mol. The third kappa shape index (κ3) is 3.02. The van der Waals surface area contributed by atoms with Crippen LogP contribution in [0.3, 0.4) is 0 Å². The highest BCUT2D eigenvalue weighted by atomic mass is 16.6. The zero-order valence-corrected chi connectivity index (χ0v) is 13.5. The van der Waals surface area contributed by atoms with E-state index in [0.29, 0.717) is 5.56 Å². The quantitative estimate of drug-likeness (QED) is 0.777. The molecule has 0 N–H and O–H groups in total. The summed E-state index contributed by atoms with van der Waals surface area (Å²) in [5.74, 6) is 0.519. The Labute approximate surface area is 136 Å². The van der Waals surface area contributed by atoms with Gasteiger partial charge in [0.25, 0.3) is 0 Å². The van der Waals surface area contributed by atoms with Gasteiger partial charge in [0.1, 0.15) is 5.75 Å². The molecule has 0 amide bonds. The van der Waals surface area contributed by atoms with Gasteiger partial charge >= 0.3 is 5.97 Å². The van der Waals surface area contributed by atoms with Gasteiger partial charge in [0.2, 0.25) is 6.23 Å². The van der Waals surface area contributed by atoms with Crippen molar-refractivity contribution in [2.75, 3.05) is 18.6 Å². The molecule has 0 fully saturated rings. The van der Waals surface area contributed by atoms with E-state index in [4.69, 9.17) is 9.47 Å². The second kappa shape index (κ2) is 6.73. The molecule has 0 radical (unpaired) electrons. The average Bonchev–Trinajstić information content (AvgIpc) is 2.61. The molecule has 120 valence electrons. The number of fused-ring (bicyclic) bond motifs is 1. The number of hydrogen-bond donors (Lipinski definition) is 0. The Hall–Kier alpha value is -2.49. The molecule has 0 aromatic heterocycles. The molecule has 0 saturated carbocycles. The highest BCUT2D eigenvalue weighted by Gasteiger charge is 2.33. The normalized spacial score (nSPS) is 16.7. The second-order valence-electron chi connectivity index (χ2n) is 5.59. The fraction of sp³-hybridized carbons (Fsp3) is 0.316. The Morgan fingerprint density at radius 1 is 1.13 bits per heavy atom. The van der Waals surface area contributed by atoms with Gasteiger partial charge in [0, 0.05) is 12.1 Å². The van der Waals surface area contributed by atoms with Crippen LogP contribution in [0.5, 0.6) is 5.75 Å². The second-order valence-corrected chi connectivity index (χ2v) is 5.59. The van der Waals surface area contributed by atoms with Crippen molar-refractivity contribution in [1.29, 1.82) is 0 Å². The number of nitrogens with zero attached hydrogens (tertiary/aromatic N) is 1. The summed E-state index contributed by atoms with van der Waals surface area (Å²) in [5, 5.41) is 0. The maximum atomic E-state index is 12.3. The number of benzene rings is 2. The van der Waals surface area contributed by atoms with E-state index in [1.807, 2.05) is 48.5 Å². The third-order valence-corrected chi connectivity index (χ3v) is 4.09. The van der Waals surface area contributed by atoms with Crippen LogP contribution in [0.15, 0.2) is 48.5 Å². The minimum atomic E-state index is -0.394. The van der Waals surface area contributed by atoms with E-state index in [-0.39, 0.29) is 5.97 Å². The number of cyclic esters (lactones) is 1. The van der Waals surface area contributed by atoms with E-state index >= 15 is 0 Å². The zero-order chi connectivity index (χ0) is 16.2. The van der Waals surface area contributed by atoms with Crippen LogP contribution in [-0.4, -0.2) is 19.6 Å². The first kappa shape index (κ1) is 15.4. The maximum Gasteiger partial charge on any atom is 0.342 e.